The van der Waals surface area contributed by atoms with Crippen LogP contribution in [0.15, 0.2) is 58.4 Å². The smallest absolute Gasteiger partial charge is 0.418 e. The molecule has 0 radical (unpaired) electrons. The quantitative estimate of drug-likeness (QED) is 0.794. The molecule has 3 rings (SSSR count). The average Bonchev–Trinajstić information content (AvgIpc) is 2.94. The van der Waals surface area contributed by atoms with Crippen LogP contribution in [0.4, 0.5) is 18.9 Å². The van der Waals surface area contributed by atoms with Crippen molar-refractivity contribution in [1.82, 2.24) is 5.32 Å². The Bertz CT molecular complexity index is 907. The Hall–Kier alpha value is -2.74. The second-order valence-electron chi connectivity index (χ2n) is 5.24. The topological polar surface area (TPSA) is 50.7 Å². The summed E-state index contributed by atoms with van der Waals surface area (Å²) in [5, 5.41) is 2.58. The van der Waals surface area contributed by atoms with Crippen molar-refractivity contribution < 1.29 is 22.7 Å². The van der Waals surface area contributed by atoms with E-state index in [2.05, 4.69) is 10.3 Å². The molecule has 134 valence electrons. The van der Waals surface area contributed by atoms with Crippen LogP contribution in [0, 0.1) is 0 Å². The summed E-state index contributed by atoms with van der Waals surface area (Å²) in [6, 6.07) is 12.1. The lowest BCUT2D eigenvalue weighted by molar-refractivity contribution is -0.137. The third-order valence-electron chi connectivity index (χ3n) is 3.51. The van der Waals surface area contributed by atoms with E-state index in [0.29, 0.717) is 16.2 Å². The summed E-state index contributed by atoms with van der Waals surface area (Å²) in [4.78, 5) is 16.4. The number of halogens is 3. The van der Waals surface area contributed by atoms with Crippen molar-refractivity contribution in [3.05, 3.63) is 64.6 Å². The van der Waals surface area contributed by atoms with Gasteiger partial charge in [0.2, 0.25) is 0 Å². The molecule has 0 aromatic heterocycles. The number of ether oxygens (including phenoxy) is 1. The molecule has 0 atom stereocenters. The number of rotatable bonds is 3. The van der Waals surface area contributed by atoms with E-state index in [9.17, 15) is 18.0 Å². The molecule has 8 heteroatoms. The largest absolute Gasteiger partial charge is 0.496 e. The molecule has 26 heavy (non-hydrogen) atoms. The van der Waals surface area contributed by atoms with Gasteiger partial charge in [0.1, 0.15) is 5.75 Å². The van der Waals surface area contributed by atoms with E-state index in [1.165, 1.54) is 25.3 Å². The number of thioether (sulfide) groups is 1. The van der Waals surface area contributed by atoms with Crippen LogP contribution < -0.4 is 10.1 Å². The minimum Gasteiger partial charge on any atom is -0.496 e. The van der Waals surface area contributed by atoms with E-state index < -0.39 is 17.6 Å². The summed E-state index contributed by atoms with van der Waals surface area (Å²) >= 11 is 0.975. The number of benzene rings is 2. The first-order chi connectivity index (χ1) is 12.4. The number of aliphatic imine (C=N–C) groups is 1. The molecular weight excluding hydrogens is 365 g/mol. The number of hydrogen-bond donors (Lipinski definition) is 1. The second-order valence-corrected chi connectivity index (χ2v) is 6.27. The van der Waals surface area contributed by atoms with Crippen LogP contribution in [0.3, 0.4) is 0 Å². The Morgan fingerprint density at radius 2 is 1.81 bits per heavy atom. The Morgan fingerprint density at radius 3 is 2.54 bits per heavy atom. The molecule has 1 amide bonds. The van der Waals surface area contributed by atoms with Gasteiger partial charge in [-0.3, -0.25) is 4.79 Å². The normalized spacial score (nSPS) is 17.6. The molecule has 1 saturated heterocycles. The maximum atomic E-state index is 13.1. The summed E-state index contributed by atoms with van der Waals surface area (Å²) in [6.45, 7) is 0. The first-order valence-corrected chi connectivity index (χ1v) is 8.29. The zero-order valence-corrected chi connectivity index (χ0v) is 14.3. The summed E-state index contributed by atoms with van der Waals surface area (Å²) in [7, 11) is 1.51. The highest BCUT2D eigenvalue weighted by Gasteiger charge is 2.34. The van der Waals surface area contributed by atoms with Crippen molar-refractivity contribution >= 4 is 34.6 Å². The fourth-order valence-electron chi connectivity index (χ4n) is 2.33. The third kappa shape index (κ3) is 3.91. The second kappa shape index (κ2) is 7.25. The van der Waals surface area contributed by atoms with Crippen LogP contribution in [0.2, 0.25) is 0 Å². The van der Waals surface area contributed by atoms with Crippen LogP contribution >= 0.6 is 11.8 Å². The molecule has 1 N–H and O–H groups in total. The molecule has 2 aromatic carbocycles. The van der Waals surface area contributed by atoms with E-state index in [4.69, 9.17) is 4.74 Å². The number of nitrogens with zero attached hydrogens (tertiary/aromatic N) is 1. The van der Waals surface area contributed by atoms with Gasteiger partial charge in [-0.05, 0) is 36.0 Å². The highest BCUT2D eigenvalue weighted by molar-refractivity contribution is 8.18. The van der Waals surface area contributed by atoms with E-state index in [-0.39, 0.29) is 10.9 Å². The van der Waals surface area contributed by atoms with E-state index >= 15 is 0 Å². The Labute approximate surface area is 151 Å². The molecule has 0 bridgehead atoms. The first kappa shape index (κ1) is 18.1. The zero-order chi connectivity index (χ0) is 18.7. The number of amidine groups is 1. The maximum absolute atomic E-state index is 13.1. The lowest BCUT2D eigenvalue weighted by Gasteiger charge is -2.09. The van der Waals surface area contributed by atoms with Crippen molar-refractivity contribution in [3.63, 3.8) is 0 Å². The summed E-state index contributed by atoms with van der Waals surface area (Å²) in [5.41, 5.74) is -0.421. The molecule has 1 aliphatic rings. The lowest BCUT2D eigenvalue weighted by Crippen LogP contribution is -2.19. The average molecular weight is 378 g/mol. The standard InChI is InChI=1S/C18H13F3N2O2S/c1-25-14-9-5-2-6-11(14)10-15-16(24)23-17(26-15)22-13-8-4-3-7-12(13)18(19,20)21/h2-10H,1H3,(H,22,23,24)/b15-10-. The highest BCUT2D eigenvalue weighted by atomic mass is 32.2. The summed E-state index contributed by atoms with van der Waals surface area (Å²) < 4.78 is 44.4. The van der Waals surface area contributed by atoms with Gasteiger partial charge in [0.25, 0.3) is 5.91 Å². The Kier molecular flexibility index (Phi) is 5.03. The molecular formula is C18H13F3N2O2S. The third-order valence-corrected chi connectivity index (χ3v) is 4.42. The van der Waals surface area contributed by atoms with E-state index in [0.717, 1.165) is 17.8 Å². The number of carbonyl (C=O) groups is 1. The molecule has 1 fully saturated rings. The maximum Gasteiger partial charge on any atom is 0.418 e. The van der Waals surface area contributed by atoms with E-state index in [1.54, 1.807) is 30.3 Å². The van der Waals surface area contributed by atoms with Gasteiger partial charge in [-0.25, -0.2) is 4.99 Å². The van der Waals surface area contributed by atoms with Gasteiger partial charge < -0.3 is 10.1 Å². The van der Waals surface area contributed by atoms with Crippen LogP contribution in [0.1, 0.15) is 11.1 Å². The van der Waals surface area contributed by atoms with Crippen LogP contribution in [-0.2, 0) is 11.0 Å². The number of methoxy groups -OCH3 is 1. The van der Waals surface area contributed by atoms with Gasteiger partial charge in [0.05, 0.1) is 23.3 Å². The minimum absolute atomic E-state index is 0.0906. The monoisotopic (exact) mass is 378 g/mol. The van der Waals surface area contributed by atoms with Gasteiger partial charge in [-0.2, -0.15) is 13.2 Å². The minimum atomic E-state index is -4.52. The molecule has 0 saturated carbocycles. The van der Waals surface area contributed by atoms with Gasteiger partial charge >= 0.3 is 6.18 Å². The number of amides is 1. The number of para-hydroxylation sites is 2. The Morgan fingerprint density at radius 1 is 1.12 bits per heavy atom. The molecule has 0 aliphatic carbocycles. The summed E-state index contributed by atoms with van der Waals surface area (Å²) in [6.07, 6.45) is -2.92. The van der Waals surface area contributed by atoms with Crippen LogP contribution in [-0.4, -0.2) is 18.2 Å². The fraction of sp³-hybridized carbons (Fsp3) is 0.111. The predicted molar refractivity (Wildman–Crippen MR) is 95.2 cm³/mol. The fourth-order valence-corrected chi connectivity index (χ4v) is 3.15. The van der Waals surface area contributed by atoms with Gasteiger partial charge in [-0.1, -0.05) is 30.3 Å². The predicted octanol–water partition coefficient (Wildman–Crippen LogP) is 4.61. The van der Waals surface area contributed by atoms with Crippen molar-refractivity contribution in [2.45, 2.75) is 6.18 Å². The first-order valence-electron chi connectivity index (χ1n) is 7.47. The molecule has 1 heterocycles. The highest BCUT2D eigenvalue weighted by Crippen LogP contribution is 2.37. The van der Waals surface area contributed by atoms with Crippen LogP contribution in [0.5, 0.6) is 5.75 Å². The van der Waals surface area contributed by atoms with E-state index in [1.807, 2.05) is 0 Å². The molecule has 2 aromatic rings. The number of nitrogens with one attached hydrogen (secondary N) is 1. The number of carbonyl (C=O) groups excluding carboxylic acids is 1. The van der Waals surface area contributed by atoms with Gasteiger partial charge in [0, 0.05) is 5.56 Å². The molecule has 1 aliphatic heterocycles. The lowest BCUT2D eigenvalue weighted by atomic mass is 10.2. The number of alkyl halides is 3. The Balaban J connectivity index is 1.91. The number of hydrogen-bond acceptors (Lipinski definition) is 4. The van der Waals surface area contributed by atoms with Gasteiger partial charge in [0.15, 0.2) is 5.17 Å². The van der Waals surface area contributed by atoms with Crippen LogP contribution in [0.25, 0.3) is 6.08 Å². The molecule has 0 unspecified atom stereocenters. The van der Waals surface area contributed by atoms with Crippen molar-refractivity contribution in [1.29, 1.82) is 0 Å². The summed E-state index contributed by atoms with van der Waals surface area (Å²) in [5.74, 6) is 0.158. The molecule has 4 nitrogen and oxygen atoms in total. The van der Waals surface area contributed by atoms with Crippen molar-refractivity contribution in [2.75, 3.05) is 7.11 Å². The zero-order valence-electron chi connectivity index (χ0n) is 13.5. The SMILES string of the molecule is COc1ccccc1/C=C1\SC(=Nc2ccccc2C(F)(F)F)NC1=O. The van der Waals surface area contributed by atoms with Crippen molar-refractivity contribution in [2.24, 2.45) is 4.99 Å². The van der Waals surface area contributed by atoms with Gasteiger partial charge in [-0.15, -0.1) is 0 Å². The van der Waals surface area contributed by atoms with Crippen molar-refractivity contribution in [3.8, 4) is 5.75 Å². The molecule has 0 spiro atoms.